The number of carbonyl (C=O) groups is 1. The van der Waals surface area contributed by atoms with Gasteiger partial charge in [-0.15, -0.1) is 12.4 Å². The van der Waals surface area contributed by atoms with Gasteiger partial charge in [0.2, 0.25) is 10.0 Å². The molecule has 0 fully saturated rings. The van der Waals surface area contributed by atoms with Gasteiger partial charge in [0, 0.05) is 19.6 Å². The Bertz CT molecular complexity index is 945. The molecular weight excluding hydrogens is 388 g/mol. The Labute approximate surface area is 165 Å². The predicted octanol–water partition coefficient (Wildman–Crippen LogP) is 2.68. The molecule has 0 aromatic heterocycles. The molecule has 2 aromatic carbocycles. The van der Waals surface area contributed by atoms with E-state index in [1.54, 1.807) is 26.0 Å². The van der Waals surface area contributed by atoms with Crippen molar-refractivity contribution < 1.29 is 17.9 Å². The quantitative estimate of drug-likeness (QED) is 0.715. The van der Waals surface area contributed by atoms with Gasteiger partial charge in [0.15, 0.2) is 0 Å². The maximum Gasteiger partial charge on any atom is 0.338 e. The first kappa shape index (κ1) is 21.4. The molecule has 0 saturated heterocycles. The highest BCUT2D eigenvalue weighted by Crippen LogP contribution is 2.20. The van der Waals surface area contributed by atoms with E-state index in [-0.39, 0.29) is 36.0 Å². The summed E-state index contributed by atoms with van der Waals surface area (Å²) in [5, 5.41) is 3.27. The number of benzene rings is 2. The first-order chi connectivity index (χ1) is 12.4. The molecule has 2 aromatic rings. The molecule has 0 unspecified atom stereocenters. The highest BCUT2D eigenvalue weighted by atomic mass is 35.5. The van der Waals surface area contributed by atoms with Crippen molar-refractivity contribution in [2.75, 3.05) is 6.61 Å². The Morgan fingerprint density at radius 3 is 2.63 bits per heavy atom. The van der Waals surface area contributed by atoms with Crippen molar-refractivity contribution in [3.05, 3.63) is 64.2 Å². The summed E-state index contributed by atoms with van der Waals surface area (Å²) >= 11 is 0. The normalized spacial score (nSPS) is 13.0. The molecule has 0 spiro atoms. The van der Waals surface area contributed by atoms with Gasteiger partial charge in [0.25, 0.3) is 0 Å². The van der Waals surface area contributed by atoms with Crippen molar-refractivity contribution in [2.24, 2.45) is 0 Å². The van der Waals surface area contributed by atoms with Crippen molar-refractivity contribution in [1.29, 1.82) is 0 Å². The number of fused-ring (bicyclic) bond motifs is 1. The highest BCUT2D eigenvalue weighted by Gasteiger charge is 2.20. The van der Waals surface area contributed by atoms with E-state index < -0.39 is 16.0 Å². The van der Waals surface area contributed by atoms with Gasteiger partial charge in [-0.1, -0.05) is 24.3 Å². The molecule has 8 heteroatoms. The Morgan fingerprint density at radius 2 is 1.89 bits per heavy atom. The van der Waals surface area contributed by atoms with Crippen LogP contribution in [0.15, 0.2) is 41.3 Å². The monoisotopic (exact) mass is 410 g/mol. The second-order valence-corrected chi connectivity index (χ2v) is 7.97. The minimum absolute atomic E-state index is 0. The SMILES string of the molecule is CCOC(=O)c1ccc(C)c(S(=O)(=O)NCc2ccc3c(c2)CNC3)c1.Cl. The number of rotatable bonds is 6. The van der Waals surface area contributed by atoms with Crippen LogP contribution < -0.4 is 10.0 Å². The van der Waals surface area contributed by atoms with Crippen molar-refractivity contribution in [1.82, 2.24) is 10.0 Å². The van der Waals surface area contributed by atoms with Gasteiger partial charge in [-0.3, -0.25) is 0 Å². The van der Waals surface area contributed by atoms with E-state index >= 15 is 0 Å². The van der Waals surface area contributed by atoms with Crippen molar-refractivity contribution in [3.8, 4) is 0 Å². The Kier molecular flexibility index (Phi) is 7.00. The van der Waals surface area contributed by atoms with Gasteiger partial charge in [0.05, 0.1) is 17.1 Å². The van der Waals surface area contributed by atoms with Crippen LogP contribution in [0.25, 0.3) is 0 Å². The number of hydrogen-bond acceptors (Lipinski definition) is 5. The molecule has 0 saturated carbocycles. The van der Waals surface area contributed by atoms with E-state index in [1.165, 1.54) is 17.2 Å². The summed E-state index contributed by atoms with van der Waals surface area (Å²) in [6.07, 6.45) is 0. The molecule has 3 rings (SSSR count). The minimum atomic E-state index is -3.75. The fourth-order valence-corrected chi connectivity index (χ4v) is 4.23. The van der Waals surface area contributed by atoms with Crippen LogP contribution in [-0.2, 0) is 34.4 Å². The number of esters is 1. The molecule has 27 heavy (non-hydrogen) atoms. The molecule has 0 aliphatic carbocycles. The minimum Gasteiger partial charge on any atom is -0.462 e. The van der Waals surface area contributed by atoms with Gasteiger partial charge in [-0.2, -0.15) is 0 Å². The van der Waals surface area contributed by atoms with Crippen LogP contribution in [-0.4, -0.2) is 21.0 Å². The summed E-state index contributed by atoms with van der Waals surface area (Å²) < 4.78 is 33.0. The van der Waals surface area contributed by atoms with Crippen LogP contribution in [0.1, 0.15) is 39.5 Å². The van der Waals surface area contributed by atoms with Gasteiger partial charge in [-0.25, -0.2) is 17.9 Å². The number of hydrogen-bond donors (Lipinski definition) is 2. The lowest BCUT2D eigenvalue weighted by molar-refractivity contribution is 0.0526. The lowest BCUT2D eigenvalue weighted by atomic mass is 10.1. The number of ether oxygens (including phenoxy) is 1. The van der Waals surface area contributed by atoms with Crippen molar-refractivity contribution in [3.63, 3.8) is 0 Å². The molecule has 1 aliphatic rings. The zero-order valence-corrected chi connectivity index (χ0v) is 16.9. The molecule has 0 amide bonds. The number of halogens is 1. The highest BCUT2D eigenvalue weighted by molar-refractivity contribution is 7.89. The fourth-order valence-electron chi connectivity index (χ4n) is 2.95. The summed E-state index contributed by atoms with van der Waals surface area (Å²) in [5.41, 5.74) is 4.14. The van der Waals surface area contributed by atoms with Crippen LogP contribution in [0.4, 0.5) is 0 Å². The van der Waals surface area contributed by atoms with Crippen LogP contribution >= 0.6 is 12.4 Å². The first-order valence-corrected chi connectivity index (χ1v) is 9.98. The zero-order chi connectivity index (χ0) is 18.7. The summed E-state index contributed by atoms with van der Waals surface area (Å²) in [5.74, 6) is -0.532. The van der Waals surface area contributed by atoms with Crippen LogP contribution in [0.2, 0.25) is 0 Å². The summed E-state index contributed by atoms with van der Waals surface area (Å²) in [7, 11) is -3.75. The third kappa shape index (κ3) is 4.87. The summed E-state index contributed by atoms with van der Waals surface area (Å²) in [4.78, 5) is 12.0. The number of aryl methyl sites for hydroxylation is 1. The number of nitrogens with one attached hydrogen (secondary N) is 2. The molecule has 6 nitrogen and oxygen atoms in total. The van der Waals surface area contributed by atoms with Crippen LogP contribution in [0.5, 0.6) is 0 Å². The van der Waals surface area contributed by atoms with E-state index in [0.29, 0.717) is 5.56 Å². The second-order valence-electron chi connectivity index (χ2n) is 6.23. The van der Waals surface area contributed by atoms with E-state index in [0.717, 1.165) is 18.7 Å². The molecule has 2 N–H and O–H groups in total. The Morgan fingerprint density at radius 1 is 1.15 bits per heavy atom. The maximum atomic E-state index is 12.7. The lowest BCUT2D eigenvalue weighted by Gasteiger charge is -2.11. The van der Waals surface area contributed by atoms with E-state index in [4.69, 9.17) is 4.74 Å². The first-order valence-electron chi connectivity index (χ1n) is 8.49. The van der Waals surface area contributed by atoms with Crippen LogP contribution in [0.3, 0.4) is 0 Å². The largest absolute Gasteiger partial charge is 0.462 e. The van der Waals surface area contributed by atoms with Gasteiger partial charge < -0.3 is 10.1 Å². The molecule has 0 bridgehead atoms. The number of carbonyl (C=O) groups excluding carboxylic acids is 1. The van der Waals surface area contributed by atoms with E-state index in [9.17, 15) is 13.2 Å². The molecule has 0 radical (unpaired) electrons. The summed E-state index contributed by atoms with van der Waals surface area (Å²) in [6, 6.07) is 10.5. The fraction of sp³-hybridized carbons (Fsp3) is 0.316. The van der Waals surface area contributed by atoms with Gasteiger partial charge in [0.1, 0.15) is 0 Å². The smallest absolute Gasteiger partial charge is 0.338 e. The van der Waals surface area contributed by atoms with Crippen LogP contribution in [0, 0.1) is 6.92 Å². The average Bonchev–Trinajstić information content (AvgIpc) is 3.08. The van der Waals surface area contributed by atoms with Crippen molar-refractivity contribution >= 4 is 28.4 Å². The molecule has 0 atom stereocenters. The van der Waals surface area contributed by atoms with Crippen molar-refractivity contribution in [2.45, 2.75) is 38.4 Å². The van der Waals surface area contributed by atoms with E-state index in [2.05, 4.69) is 10.0 Å². The molecule has 146 valence electrons. The third-order valence-corrected chi connectivity index (χ3v) is 5.90. The van der Waals surface area contributed by atoms with Gasteiger partial charge in [-0.05, 0) is 48.2 Å². The molecule has 1 aliphatic heterocycles. The molecular formula is C19H23ClN2O4S. The predicted molar refractivity (Wildman–Crippen MR) is 105 cm³/mol. The second kappa shape index (κ2) is 8.84. The topological polar surface area (TPSA) is 84.5 Å². The Hall–Kier alpha value is -1.93. The maximum absolute atomic E-state index is 12.7. The van der Waals surface area contributed by atoms with E-state index in [1.807, 2.05) is 18.2 Å². The standard InChI is InChI=1S/C19H22N2O4S.ClH/c1-3-25-19(22)15-6-4-13(2)18(9-15)26(23,24)21-10-14-5-7-16-11-20-12-17(16)8-14;/h4-9,20-21H,3,10-12H2,1-2H3;1H. The zero-order valence-electron chi connectivity index (χ0n) is 15.2. The van der Waals surface area contributed by atoms with Gasteiger partial charge >= 0.3 is 5.97 Å². The summed E-state index contributed by atoms with van der Waals surface area (Å²) in [6.45, 7) is 5.48. The third-order valence-electron chi connectivity index (χ3n) is 4.36. The lowest BCUT2D eigenvalue weighted by Crippen LogP contribution is -2.24. The molecule has 1 heterocycles. The average molecular weight is 411 g/mol. The number of sulfonamides is 1. The Balaban J connectivity index is 0.00000261.